The molecule has 0 heterocycles. The van der Waals surface area contributed by atoms with Crippen molar-refractivity contribution in [2.75, 3.05) is 47.5 Å². The van der Waals surface area contributed by atoms with E-state index < -0.39 is 18.4 Å². The highest BCUT2D eigenvalue weighted by Gasteiger charge is 2.25. The number of hydrogen-bond acceptors (Lipinski definition) is 7. The van der Waals surface area contributed by atoms with E-state index in [-0.39, 0.29) is 38.2 Å². The molecular weight excluding hydrogens is 923 g/mol. The summed E-state index contributed by atoms with van der Waals surface area (Å²) >= 11 is 0. The van der Waals surface area contributed by atoms with Gasteiger partial charge in [0.2, 0.25) is 0 Å². The van der Waals surface area contributed by atoms with Gasteiger partial charge in [0.25, 0.3) is 6.29 Å². The lowest BCUT2D eigenvalue weighted by atomic mass is 10.0. The summed E-state index contributed by atoms with van der Waals surface area (Å²) in [6.45, 7) is 4.90. The molecule has 0 bridgehead atoms. The average molecular weight is 1050 g/mol. The van der Waals surface area contributed by atoms with Crippen LogP contribution in [0.5, 0.6) is 0 Å². The zero-order chi connectivity index (χ0) is 54.1. The zero-order valence-corrected chi connectivity index (χ0v) is 49.5. The molecule has 0 rings (SSSR count). The van der Waals surface area contributed by atoms with E-state index in [1.54, 1.807) is 0 Å². The Balaban J connectivity index is 3.95. The number of carboxylic acids is 1. The second-order valence-corrected chi connectivity index (χ2v) is 22.7. The number of carbonyl (C=O) groups excluding carboxylic acids is 2. The van der Waals surface area contributed by atoms with Gasteiger partial charge in [-0.25, -0.2) is 4.79 Å². The molecule has 0 saturated heterocycles. The molecule has 0 aromatic heterocycles. The summed E-state index contributed by atoms with van der Waals surface area (Å²) in [7, 11) is 5.98. The fraction of sp³-hybridized carbons (Fsp3) is 0.862. The number of carboxylic acid groups (broad SMARTS) is 1. The minimum atomic E-state index is -1.51. The molecular formula is C65H122NO8+. The molecule has 0 aliphatic heterocycles. The Labute approximate surface area is 458 Å². The van der Waals surface area contributed by atoms with Crippen molar-refractivity contribution in [3.8, 4) is 0 Å². The van der Waals surface area contributed by atoms with Crippen LogP contribution < -0.4 is 0 Å². The second kappa shape index (κ2) is 56.7. The highest BCUT2D eigenvalue weighted by Crippen LogP contribution is 2.18. The molecule has 434 valence electrons. The maximum absolute atomic E-state index is 12.9. The highest BCUT2D eigenvalue weighted by atomic mass is 16.7. The van der Waals surface area contributed by atoms with Gasteiger partial charge in [-0.15, -0.1) is 0 Å². The molecule has 2 atom stereocenters. The first-order valence-electron chi connectivity index (χ1n) is 31.7. The number of unbranched alkanes of at least 4 members (excludes halogenated alkanes) is 38. The van der Waals surface area contributed by atoms with Crippen LogP contribution in [-0.2, 0) is 33.3 Å². The molecule has 0 amide bonds. The third-order valence-electron chi connectivity index (χ3n) is 14.1. The predicted octanol–water partition coefficient (Wildman–Crippen LogP) is 18.9. The van der Waals surface area contributed by atoms with E-state index in [9.17, 15) is 19.5 Å². The van der Waals surface area contributed by atoms with E-state index in [0.29, 0.717) is 17.4 Å². The highest BCUT2D eigenvalue weighted by molar-refractivity contribution is 5.71. The number of hydrogen-bond donors (Lipinski definition) is 1. The number of nitrogens with zero attached hydrogens (tertiary/aromatic N) is 1. The second-order valence-electron chi connectivity index (χ2n) is 22.7. The van der Waals surface area contributed by atoms with Gasteiger partial charge in [-0.1, -0.05) is 275 Å². The van der Waals surface area contributed by atoms with E-state index in [4.69, 9.17) is 18.9 Å². The minimum Gasteiger partial charge on any atom is -0.477 e. The van der Waals surface area contributed by atoms with E-state index >= 15 is 0 Å². The lowest BCUT2D eigenvalue weighted by molar-refractivity contribution is -0.870. The van der Waals surface area contributed by atoms with Gasteiger partial charge in [0.1, 0.15) is 13.2 Å². The quantitative estimate of drug-likeness (QED) is 0.0211. The third-order valence-corrected chi connectivity index (χ3v) is 14.1. The molecule has 0 spiro atoms. The summed E-state index contributed by atoms with van der Waals surface area (Å²) in [5, 5.41) is 9.69. The van der Waals surface area contributed by atoms with Gasteiger partial charge in [0.05, 0.1) is 34.4 Å². The molecule has 1 N–H and O–H groups in total. The van der Waals surface area contributed by atoms with Crippen molar-refractivity contribution < 1.29 is 42.9 Å². The van der Waals surface area contributed by atoms with Gasteiger partial charge < -0.3 is 28.5 Å². The number of aliphatic carboxylic acids is 1. The number of ether oxygens (including phenoxy) is 4. The molecule has 0 saturated carbocycles. The first kappa shape index (κ1) is 71.5. The Bertz CT molecular complexity index is 1310. The topological polar surface area (TPSA) is 108 Å². The van der Waals surface area contributed by atoms with E-state index in [1.807, 2.05) is 21.1 Å². The minimum absolute atomic E-state index is 0.176. The fourth-order valence-corrected chi connectivity index (χ4v) is 9.26. The van der Waals surface area contributed by atoms with Gasteiger partial charge in [-0.2, -0.15) is 0 Å². The molecule has 9 nitrogen and oxygen atoms in total. The van der Waals surface area contributed by atoms with Crippen molar-refractivity contribution >= 4 is 17.9 Å². The fourth-order valence-electron chi connectivity index (χ4n) is 9.26. The Kier molecular flexibility index (Phi) is 54.8. The smallest absolute Gasteiger partial charge is 0.361 e. The molecule has 0 aromatic carbocycles. The average Bonchev–Trinajstić information content (AvgIpc) is 3.37. The Hall–Kier alpha value is -2.49. The normalized spacial score (nSPS) is 12.9. The third kappa shape index (κ3) is 57.2. The van der Waals surface area contributed by atoms with Crippen molar-refractivity contribution in [2.24, 2.45) is 0 Å². The van der Waals surface area contributed by atoms with Crippen molar-refractivity contribution in [3.05, 3.63) is 36.5 Å². The molecule has 0 radical (unpaired) electrons. The first-order valence-corrected chi connectivity index (χ1v) is 31.7. The monoisotopic (exact) mass is 1040 g/mol. The summed E-state index contributed by atoms with van der Waals surface area (Å²) in [6, 6.07) is 0. The van der Waals surface area contributed by atoms with E-state index in [0.717, 1.165) is 51.4 Å². The van der Waals surface area contributed by atoms with Crippen molar-refractivity contribution in [1.82, 2.24) is 0 Å². The largest absolute Gasteiger partial charge is 0.477 e. The summed E-state index contributed by atoms with van der Waals surface area (Å²) in [5.41, 5.74) is 0. The van der Waals surface area contributed by atoms with E-state index in [2.05, 4.69) is 50.3 Å². The summed E-state index contributed by atoms with van der Waals surface area (Å²) < 4.78 is 22.9. The summed E-state index contributed by atoms with van der Waals surface area (Å²) in [6.07, 6.45) is 66.9. The zero-order valence-electron chi connectivity index (χ0n) is 49.5. The van der Waals surface area contributed by atoms with Gasteiger partial charge in [-0.05, 0) is 51.4 Å². The molecule has 9 heteroatoms. The number of carbonyl (C=O) groups is 3. The molecule has 0 aliphatic carbocycles. The van der Waals surface area contributed by atoms with E-state index in [1.165, 1.54) is 225 Å². The lowest BCUT2D eigenvalue weighted by Crippen LogP contribution is -2.40. The van der Waals surface area contributed by atoms with Gasteiger partial charge in [0, 0.05) is 12.8 Å². The maximum atomic E-state index is 12.9. The van der Waals surface area contributed by atoms with Crippen molar-refractivity contribution in [1.29, 1.82) is 0 Å². The molecule has 0 fully saturated rings. The number of allylic oxidation sites excluding steroid dienone is 6. The number of esters is 2. The van der Waals surface area contributed by atoms with Crippen LogP contribution in [0.4, 0.5) is 0 Å². The summed E-state index contributed by atoms with van der Waals surface area (Å²) in [5.74, 6) is -1.98. The van der Waals surface area contributed by atoms with Crippen LogP contribution in [0.2, 0.25) is 0 Å². The lowest BCUT2D eigenvalue weighted by Gasteiger charge is -2.25. The van der Waals surface area contributed by atoms with Gasteiger partial charge in [-0.3, -0.25) is 9.59 Å². The van der Waals surface area contributed by atoms with Crippen molar-refractivity contribution in [3.63, 3.8) is 0 Å². The SMILES string of the molecule is CCCCCCC/C=C\C/C=C\C/C=C\CCCCCCCCCCCCCCCCCCCCCCCCC(=O)OC(COC(=O)CCCCCCCCCCCCCC)COC(OCC[N+](C)(C)C)C(=O)O. The Morgan fingerprint density at radius 1 is 0.405 bits per heavy atom. The van der Waals surface area contributed by atoms with Gasteiger partial charge >= 0.3 is 17.9 Å². The molecule has 74 heavy (non-hydrogen) atoms. The molecule has 2 unspecified atom stereocenters. The van der Waals surface area contributed by atoms with Crippen LogP contribution in [0.3, 0.4) is 0 Å². The van der Waals surface area contributed by atoms with Crippen LogP contribution >= 0.6 is 0 Å². The first-order chi connectivity index (χ1) is 36.1. The standard InChI is InChI=1S/C65H121NO8/c1-6-8-10-12-14-16-18-20-21-22-23-24-25-26-27-28-29-30-31-32-33-34-35-36-37-38-39-40-41-42-43-44-46-48-50-52-54-56-63(68)74-61(60-73-65(64(69)70)71-58-57-66(3,4)5)59-72-62(67)55-53-51-49-47-45-19-17-15-13-11-9-7-2/h18,20,22-23,25-26,61,65H,6-17,19,21,24,27-60H2,1-5H3/p+1/b20-18-,23-22-,26-25-. The maximum Gasteiger partial charge on any atom is 0.361 e. The number of likely N-dealkylation sites (N-methyl/N-ethyl adjacent to an activating group) is 1. The van der Waals surface area contributed by atoms with Crippen LogP contribution in [0.15, 0.2) is 36.5 Å². The van der Waals surface area contributed by atoms with Crippen LogP contribution in [0, 0.1) is 0 Å². The Morgan fingerprint density at radius 3 is 1.08 bits per heavy atom. The van der Waals surface area contributed by atoms with Crippen molar-refractivity contribution in [2.45, 2.75) is 315 Å². The Morgan fingerprint density at radius 2 is 0.730 bits per heavy atom. The number of quaternary nitrogens is 1. The van der Waals surface area contributed by atoms with Crippen LogP contribution in [0.1, 0.15) is 303 Å². The summed E-state index contributed by atoms with van der Waals surface area (Å²) in [4.78, 5) is 37.3. The molecule has 0 aromatic rings. The predicted molar refractivity (Wildman–Crippen MR) is 314 cm³/mol. The molecule has 0 aliphatic rings. The van der Waals surface area contributed by atoms with Crippen LogP contribution in [0.25, 0.3) is 0 Å². The number of rotatable bonds is 59. The van der Waals surface area contributed by atoms with Gasteiger partial charge in [0.15, 0.2) is 6.10 Å². The van der Waals surface area contributed by atoms with Crippen LogP contribution in [-0.4, -0.2) is 87.4 Å².